The minimum atomic E-state index is -3.72. The molecule has 0 unspecified atom stereocenters. The van der Waals surface area contributed by atoms with Gasteiger partial charge in [-0.3, -0.25) is 10.2 Å². The third kappa shape index (κ3) is 3.43. The topological polar surface area (TPSA) is 124 Å². The maximum absolute atomic E-state index is 14.0. The minimum Gasteiger partial charge on any atom is -0.493 e. The summed E-state index contributed by atoms with van der Waals surface area (Å²) in [5, 5.41) is 13.6. The SMILES string of the molecule is CN1C(=N)N[C@@]2(CCOc3ccc(NC(=O)c4ncc(Cl)cc4F)cc32)CS1(=O)=O. The van der Waals surface area contributed by atoms with E-state index in [-0.39, 0.29) is 23.3 Å². The van der Waals surface area contributed by atoms with Crippen LogP contribution < -0.4 is 15.4 Å². The number of anilines is 1. The summed E-state index contributed by atoms with van der Waals surface area (Å²) in [4.78, 5) is 16.2. The Kier molecular flexibility index (Phi) is 4.82. The van der Waals surface area contributed by atoms with E-state index in [4.69, 9.17) is 21.7 Å². The number of pyridine rings is 1. The highest BCUT2D eigenvalue weighted by atomic mass is 35.5. The van der Waals surface area contributed by atoms with Gasteiger partial charge in [0.15, 0.2) is 11.5 Å². The van der Waals surface area contributed by atoms with Crippen LogP contribution >= 0.6 is 11.6 Å². The van der Waals surface area contributed by atoms with E-state index in [1.807, 2.05) is 0 Å². The number of fused-ring (bicyclic) bond motifs is 2. The molecule has 12 heteroatoms. The fraction of sp³-hybridized carbons (Fsp3) is 0.278. The number of rotatable bonds is 2. The van der Waals surface area contributed by atoms with Crippen molar-refractivity contribution in [2.45, 2.75) is 12.0 Å². The Balaban J connectivity index is 1.69. The van der Waals surface area contributed by atoms with Crippen LogP contribution in [0.25, 0.3) is 0 Å². The van der Waals surface area contributed by atoms with Gasteiger partial charge in [0, 0.05) is 30.9 Å². The van der Waals surface area contributed by atoms with Gasteiger partial charge < -0.3 is 15.4 Å². The molecule has 30 heavy (non-hydrogen) atoms. The molecule has 2 aromatic rings. The third-order valence-corrected chi connectivity index (χ3v) is 7.16. The number of nitrogens with zero attached hydrogens (tertiary/aromatic N) is 2. The molecule has 3 heterocycles. The molecular formula is C18H17ClFN5O4S. The number of hydrogen-bond acceptors (Lipinski definition) is 6. The average molecular weight is 454 g/mol. The molecule has 1 aromatic carbocycles. The summed E-state index contributed by atoms with van der Waals surface area (Å²) in [5.74, 6) is -1.74. The Labute approximate surface area is 176 Å². The van der Waals surface area contributed by atoms with Gasteiger partial charge in [-0.2, -0.15) is 0 Å². The van der Waals surface area contributed by atoms with Crippen LogP contribution in [0.3, 0.4) is 0 Å². The molecule has 1 spiro atoms. The number of nitrogens with one attached hydrogen (secondary N) is 3. The van der Waals surface area contributed by atoms with Gasteiger partial charge in [0.2, 0.25) is 16.0 Å². The van der Waals surface area contributed by atoms with E-state index < -0.39 is 33.0 Å². The molecule has 9 nitrogen and oxygen atoms in total. The van der Waals surface area contributed by atoms with E-state index >= 15 is 0 Å². The van der Waals surface area contributed by atoms with Crippen LogP contribution in [0.2, 0.25) is 5.02 Å². The van der Waals surface area contributed by atoms with Crippen LogP contribution in [0.15, 0.2) is 30.5 Å². The zero-order valence-corrected chi connectivity index (χ0v) is 17.3. The van der Waals surface area contributed by atoms with Crippen LogP contribution in [0.5, 0.6) is 5.75 Å². The maximum Gasteiger partial charge on any atom is 0.277 e. The van der Waals surface area contributed by atoms with Gasteiger partial charge in [-0.15, -0.1) is 0 Å². The zero-order chi connectivity index (χ0) is 21.7. The molecule has 2 aliphatic rings. The highest BCUT2D eigenvalue weighted by Crippen LogP contribution is 2.41. The summed E-state index contributed by atoms with van der Waals surface area (Å²) < 4.78 is 45.6. The van der Waals surface area contributed by atoms with E-state index in [9.17, 15) is 17.6 Å². The summed E-state index contributed by atoms with van der Waals surface area (Å²) >= 11 is 5.66. The quantitative estimate of drug-likeness (QED) is 0.638. The summed E-state index contributed by atoms with van der Waals surface area (Å²) in [6, 6.07) is 5.69. The molecule has 0 bridgehead atoms. The standard InChI is InChI=1S/C18H17ClFN5O4S/c1-25-17(21)24-18(9-30(25,27)28)4-5-29-14-3-2-11(7-12(14)18)23-16(26)15-13(20)6-10(19)8-22-15/h2-3,6-8H,4-5,9H2,1H3,(H2,21,24)(H,23,26)/t18-/m0/s1. The molecule has 0 aliphatic carbocycles. The first-order valence-corrected chi connectivity index (χ1v) is 10.8. The second kappa shape index (κ2) is 7.10. The number of carbonyl (C=O) groups excluding carboxylic acids is 1. The van der Waals surface area contributed by atoms with Crippen molar-refractivity contribution >= 4 is 39.2 Å². The Morgan fingerprint density at radius 3 is 2.90 bits per heavy atom. The lowest BCUT2D eigenvalue weighted by molar-refractivity contribution is 0.101. The van der Waals surface area contributed by atoms with Gasteiger partial charge >= 0.3 is 0 Å². The van der Waals surface area contributed by atoms with Crippen LogP contribution in [0.1, 0.15) is 22.5 Å². The van der Waals surface area contributed by atoms with E-state index in [0.29, 0.717) is 23.4 Å². The van der Waals surface area contributed by atoms with Crippen molar-refractivity contribution in [3.63, 3.8) is 0 Å². The number of amides is 1. The Hall–Kier alpha value is -2.92. The van der Waals surface area contributed by atoms with Crippen molar-refractivity contribution < 1.29 is 22.3 Å². The first-order chi connectivity index (χ1) is 14.1. The van der Waals surface area contributed by atoms with E-state index in [0.717, 1.165) is 16.6 Å². The number of hydrogen-bond donors (Lipinski definition) is 3. The van der Waals surface area contributed by atoms with Gasteiger partial charge in [-0.25, -0.2) is 22.1 Å². The minimum absolute atomic E-state index is 0.0638. The zero-order valence-electron chi connectivity index (χ0n) is 15.7. The molecule has 1 aromatic heterocycles. The molecular weight excluding hydrogens is 437 g/mol. The van der Waals surface area contributed by atoms with Gasteiger partial charge in [0.1, 0.15) is 5.75 Å². The fourth-order valence-electron chi connectivity index (χ4n) is 3.52. The van der Waals surface area contributed by atoms with E-state index in [1.54, 1.807) is 18.2 Å². The molecule has 158 valence electrons. The molecule has 1 fully saturated rings. The number of carbonyl (C=O) groups is 1. The number of ether oxygens (including phenoxy) is 1. The van der Waals surface area contributed by atoms with Gasteiger partial charge in [0.05, 0.1) is 22.9 Å². The first-order valence-electron chi connectivity index (χ1n) is 8.84. The van der Waals surface area contributed by atoms with Crippen molar-refractivity contribution in [1.29, 1.82) is 5.41 Å². The molecule has 1 atom stereocenters. The second-order valence-corrected chi connectivity index (χ2v) is 9.46. The van der Waals surface area contributed by atoms with Gasteiger partial charge in [-0.1, -0.05) is 11.6 Å². The lowest BCUT2D eigenvalue weighted by atomic mass is 9.85. The van der Waals surface area contributed by atoms with Gasteiger partial charge in [0.25, 0.3) is 5.91 Å². The van der Waals surface area contributed by atoms with Crippen LogP contribution in [0.4, 0.5) is 10.1 Å². The second-order valence-electron chi connectivity index (χ2n) is 7.03. The number of benzene rings is 1. The summed E-state index contributed by atoms with van der Waals surface area (Å²) in [6.07, 6.45) is 1.47. The average Bonchev–Trinajstić information content (AvgIpc) is 2.66. The Morgan fingerprint density at radius 2 is 2.20 bits per heavy atom. The fourth-order valence-corrected chi connectivity index (χ4v) is 5.17. The predicted octanol–water partition coefficient (Wildman–Crippen LogP) is 1.90. The van der Waals surface area contributed by atoms with Crippen molar-refractivity contribution in [2.24, 2.45) is 0 Å². The monoisotopic (exact) mass is 453 g/mol. The van der Waals surface area contributed by atoms with Crippen molar-refractivity contribution in [3.05, 3.63) is 52.6 Å². The van der Waals surface area contributed by atoms with Gasteiger partial charge in [-0.05, 0) is 24.3 Å². The smallest absolute Gasteiger partial charge is 0.277 e. The van der Waals surface area contributed by atoms with Crippen LogP contribution in [0, 0.1) is 11.2 Å². The van der Waals surface area contributed by atoms with Crippen molar-refractivity contribution in [3.8, 4) is 5.75 Å². The molecule has 0 saturated carbocycles. The molecule has 2 aliphatic heterocycles. The molecule has 1 amide bonds. The largest absolute Gasteiger partial charge is 0.493 e. The molecule has 0 radical (unpaired) electrons. The Bertz CT molecular complexity index is 1180. The number of aromatic nitrogens is 1. The number of guanidine groups is 1. The lowest BCUT2D eigenvalue weighted by Gasteiger charge is -2.45. The number of halogens is 2. The van der Waals surface area contributed by atoms with Crippen molar-refractivity contribution in [2.75, 3.05) is 24.7 Å². The summed E-state index contributed by atoms with van der Waals surface area (Å²) in [6.45, 7) is 0.262. The molecule has 1 saturated heterocycles. The molecule has 3 N–H and O–H groups in total. The lowest BCUT2D eigenvalue weighted by Crippen LogP contribution is -2.63. The predicted molar refractivity (Wildman–Crippen MR) is 108 cm³/mol. The van der Waals surface area contributed by atoms with Crippen LogP contribution in [-0.2, 0) is 15.6 Å². The van der Waals surface area contributed by atoms with E-state index in [1.165, 1.54) is 7.05 Å². The highest BCUT2D eigenvalue weighted by Gasteiger charge is 2.48. The summed E-state index contributed by atoms with van der Waals surface area (Å²) in [5.41, 5.74) is -0.729. The van der Waals surface area contributed by atoms with Crippen LogP contribution in [-0.4, -0.2) is 49.0 Å². The number of sulfonamides is 1. The highest BCUT2D eigenvalue weighted by molar-refractivity contribution is 7.89. The molecule has 4 rings (SSSR count). The Morgan fingerprint density at radius 1 is 1.43 bits per heavy atom. The maximum atomic E-state index is 14.0. The normalized spacial score (nSPS) is 22.1. The first kappa shape index (κ1) is 20.4. The van der Waals surface area contributed by atoms with Crippen molar-refractivity contribution in [1.82, 2.24) is 14.6 Å². The third-order valence-electron chi connectivity index (χ3n) is 5.08. The van der Waals surface area contributed by atoms with E-state index in [2.05, 4.69) is 15.6 Å². The summed E-state index contributed by atoms with van der Waals surface area (Å²) in [7, 11) is -2.41.